The molecule has 0 aromatic heterocycles. The summed E-state index contributed by atoms with van der Waals surface area (Å²) in [6, 6.07) is 8.92. The Kier molecular flexibility index (Phi) is 3.99. The van der Waals surface area contributed by atoms with Crippen LogP contribution in [0.3, 0.4) is 0 Å². The van der Waals surface area contributed by atoms with E-state index < -0.39 is 0 Å². The average molecular weight is 275 g/mol. The van der Waals surface area contributed by atoms with Gasteiger partial charge in [0.1, 0.15) is 11.4 Å². The molecule has 0 saturated carbocycles. The molecular weight excluding hydrogens is 250 g/mol. The zero-order valence-corrected chi connectivity index (χ0v) is 12.5. The number of fused-ring (bicyclic) bond motifs is 2. The molecule has 2 heterocycles. The van der Waals surface area contributed by atoms with Crippen molar-refractivity contribution in [3.63, 3.8) is 0 Å². The van der Waals surface area contributed by atoms with Gasteiger partial charge in [-0.15, -0.1) is 0 Å². The van der Waals surface area contributed by atoms with E-state index >= 15 is 0 Å². The second-order valence-corrected chi connectivity index (χ2v) is 6.09. The molecule has 1 spiro atoms. The van der Waals surface area contributed by atoms with Gasteiger partial charge in [-0.1, -0.05) is 32.0 Å². The Labute approximate surface area is 121 Å². The normalized spacial score (nSPS) is 32.7. The Morgan fingerprint density at radius 3 is 3.05 bits per heavy atom. The summed E-state index contributed by atoms with van der Waals surface area (Å²) in [4.78, 5) is 0. The summed E-state index contributed by atoms with van der Waals surface area (Å²) in [6.45, 7) is 7.14. The van der Waals surface area contributed by atoms with Gasteiger partial charge < -0.3 is 14.8 Å². The molecule has 0 amide bonds. The third-order valence-corrected chi connectivity index (χ3v) is 4.69. The van der Waals surface area contributed by atoms with Gasteiger partial charge in [0.05, 0.1) is 6.61 Å². The van der Waals surface area contributed by atoms with E-state index in [0.717, 1.165) is 38.3 Å². The number of benzene rings is 1. The summed E-state index contributed by atoms with van der Waals surface area (Å²) in [5, 5.41) is 3.67. The van der Waals surface area contributed by atoms with Gasteiger partial charge in [0, 0.05) is 24.1 Å². The molecule has 3 nitrogen and oxygen atoms in total. The second-order valence-electron chi connectivity index (χ2n) is 6.09. The molecule has 110 valence electrons. The second kappa shape index (κ2) is 5.74. The van der Waals surface area contributed by atoms with Gasteiger partial charge in [-0.3, -0.25) is 0 Å². The number of rotatable bonds is 3. The molecule has 3 atom stereocenters. The van der Waals surface area contributed by atoms with Crippen LogP contribution in [0.4, 0.5) is 0 Å². The zero-order chi connectivity index (χ0) is 14.0. The fourth-order valence-corrected chi connectivity index (χ4v) is 3.52. The first-order valence-corrected chi connectivity index (χ1v) is 7.86. The molecular formula is C17H25NO2. The first-order valence-electron chi connectivity index (χ1n) is 7.86. The standard InChI is InChI=1S/C17H25NO2/c1-3-9-18-14-8-10-20-17(11-14)13(2)12-19-16-7-5-4-6-15(16)17/h4-7,13-14,18H,3,8-12H2,1-2H3. The Hall–Kier alpha value is -1.06. The minimum Gasteiger partial charge on any atom is -0.493 e. The summed E-state index contributed by atoms with van der Waals surface area (Å²) in [7, 11) is 0. The van der Waals surface area contributed by atoms with Gasteiger partial charge >= 0.3 is 0 Å². The highest BCUT2D eigenvalue weighted by molar-refractivity contribution is 5.41. The maximum atomic E-state index is 6.34. The molecule has 0 bridgehead atoms. The molecule has 3 rings (SSSR count). The van der Waals surface area contributed by atoms with Crippen LogP contribution in [0.2, 0.25) is 0 Å². The summed E-state index contributed by atoms with van der Waals surface area (Å²) >= 11 is 0. The van der Waals surface area contributed by atoms with Crippen LogP contribution in [-0.2, 0) is 10.3 Å². The Morgan fingerprint density at radius 1 is 1.35 bits per heavy atom. The van der Waals surface area contributed by atoms with Crippen LogP contribution < -0.4 is 10.1 Å². The van der Waals surface area contributed by atoms with Crippen LogP contribution in [0, 0.1) is 5.92 Å². The van der Waals surface area contributed by atoms with Crippen molar-refractivity contribution in [2.45, 2.75) is 44.8 Å². The molecule has 1 saturated heterocycles. The predicted molar refractivity (Wildman–Crippen MR) is 80.0 cm³/mol. The van der Waals surface area contributed by atoms with Crippen molar-refractivity contribution in [3.05, 3.63) is 29.8 Å². The maximum Gasteiger partial charge on any atom is 0.125 e. The third-order valence-electron chi connectivity index (χ3n) is 4.69. The number of hydrogen-bond acceptors (Lipinski definition) is 3. The van der Waals surface area contributed by atoms with Gasteiger partial charge in [-0.2, -0.15) is 0 Å². The van der Waals surface area contributed by atoms with Crippen molar-refractivity contribution < 1.29 is 9.47 Å². The van der Waals surface area contributed by atoms with Gasteiger partial charge in [0.25, 0.3) is 0 Å². The Morgan fingerprint density at radius 2 is 2.20 bits per heavy atom. The van der Waals surface area contributed by atoms with E-state index in [1.807, 2.05) is 6.07 Å². The highest BCUT2D eigenvalue weighted by atomic mass is 16.5. The predicted octanol–water partition coefficient (Wildman–Crippen LogP) is 3.09. The minimum atomic E-state index is -0.168. The summed E-state index contributed by atoms with van der Waals surface area (Å²) in [6.07, 6.45) is 3.34. The average Bonchev–Trinajstić information content (AvgIpc) is 2.50. The monoisotopic (exact) mass is 275 g/mol. The summed E-state index contributed by atoms with van der Waals surface area (Å²) in [5.41, 5.74) is 1.07. The molecule has 0 radical (unpaired) electrons. The topological polar surface area (TPSA) is 30.5 Å². The van der Waals surface area contributed by atoms with Gasteiger partial charge in [0.2, 0.25) is 0 Å². The lowest BCUT2D eigenvalue weighted by molar-refractivity contribution is -0.145. The van der Waals surface area contributed by atoms with Gasteiger partial charge in [-0.25, -0.2) is 0 Å². The number of ether oxygens (including phenoxy) is 2. The van der Waals surface area contributed by atoms with E-state index in [0.29, 0.717) is 12.0 Å². The Bertz CT molecular complexity index is 462. The van der Waals surface area contributed by atoms with Crippen LogP contribution >= 0.6 is 0 Å². The van der Waals surface area contributed by atoms with Crippen molar-refractivity contribution in [3.8, 4) is 5.75 Å². The number of nitrogens with one attached hydrogen (secondary N) is 1. The van der Waals surface area contributed by atoms with Crippen LogP contribution in [0.5, 0.6) is 5.75 Å². The smallest absolute Gasteiger partial charge is 0.125 e. The summed E-state index contributed by atoms with van der Waals surface area (Å²) in [5.74, 6) is 1.39. The van der Waals surface area contributed by atoms with Crippen molar-refractivity contribution >= 4 is 0 Å². The van der Waals surface area contributed by atoms with Crippen molar-refractivity contribution in [2.75, 3.05) is 19.8 Å². The molecule has 3 unspecified atom stereocenters. The molecule has 2 aliphatic heterocycles. The van der Waals surface area contributed by atoms with E-state index in [1.54, 1.807) is 0 Å². The highest BCUT2D eigenvalue weighted by Gasteiger charge is 2.47. The fourth-order valence-electron chi connectivity index (χ4n) is 3.52. The fraction of sp³-hybridized carbons (Fsp3) is 0.647. The quantitative estimate of drug-likeness (QED) is 0.919. The number of hydrogen-bond donors (Lipinski definition) is 1. The zero-order valence-electron chi connectivity index (χ0n) is 12.5. The maximum absolute atomic E-state index is 6.34. The molecule has 1 aromatic rings. The van der Waals surface area contributed by atoms with E-state index in [1.165, 1.54) is 12.0 Å². The van der Waals surface area contributed by atoms with E-state index in [9.17, 15) is 0 Å². The minimum absolute atomic E-state index is 0.168. The molecule has 1 N–H and O–H groups in total. The van der Waals surface area contributed by atoms with Crippen molar-refractivity contribution in [1.82, 2.24) is 5.32 Å². The highest BCUT2D eigenvalue weighted by Crippen LogP contribution is 2.48. The molecule has 1 fully saturated rings. The lowest BCUT2D eigenvalue weighted by atomic mass is 9.74. The molecule has 0 aliphatic carbocycles. The summed E-state index contributed by atoms with van der Waals surface area (Å²) < 4.78 is 12.2. The van der Waals surface area contributed by atoms with Crippen LogP contribution in [0.15, 0.2) is 24.3 Å². The van der Waals surface area contributed by atoms with E-state index in [4.69, 9.17) is 9.47 Å². The van der Waals surface area contributed by atoms with Gasteiger partial charge in [0.15, 0.2) is 0 Å². The SMILES string of the molecule is CCCNC1CCOC2(C1)c1ccccc1OCC2C. The Balaban J connectivity index is 1.89. The molecule has 3 heteroatoms. The molecule has 1 aromatic carbocycles. The van der Waals surface area contributed by atoms with E-state index in [2.05, 4.69) is 37.4 Å². The van der Waals surface area contributed by atoms with Crippen LogP contribution in [0.25, 0.3) is 0 Å². The third kappa shape index (κ3) is 2.33. The lowest BCUT2D eigenvalue weighted by Gasteiger charge is -2.48. The first kappa shape index (κ1) is 13.9. The van der Waals surface area contributed by atoms with E-state index in [-0.39, 0.29) is 5.60 Å². The van der Waals surface area contributed by atoms with Gasteiger partial charge in [-0.05, 0) is 31.9 Å². The largest absolute Gasteiger partial charge is 0.493 e. The van der Waals surface area contributed by atoms with Crippen LogP contribution in [0.1, 0.15) is 38.7 Å². The molecule has 20 heavy (non-hydrogen) atoms. The molecule has 2 aliphatic rings. The van der Waals surface area contributed by atoms with Crippen molar-refractivity contribution in [1.29, 1.82) is 0 Å². The van der Waals surface area contributed by atoms with Crippen molar-refractivity contribution in [2.24, 2.45) is 5.92 Å². The van der Waals surface area contributed by atoms with Crippen LogP contribution in [-0.4, -0.2) is 25.8 Å². The number of para-hydroxylation sites is 1. The first-order chi connectivity index (χ1) is 9.76. The lowest BCUT2D eigenvalue weighted by Crippen LogP contribution is -2.51.